The van der Waals surface area contributed by atoms with Crippen molar-refractivity contribution in [2.75, 3.05) is 0 Å². The zero-order valence-corrected chi connectivity index (χ0v) is 21.8. The van der Waals surface area contributed by atoms with Crippen LogP contribution < -0.4 is 0 Å². The first-order valence-electron chi connectivity index (χ1n) is 13.8. The second-order valence-electron chi connectivity index (χ2n) is 10.6. The van der Waals surface area contributed by atoms with E-state index in [1.165, 1.54) is 60.6 Å². The third kappa shape index (κ3) is 3.28. The molecule has 0 amide bonds. The van der Waals surface area contributed by atoms with E-state index in [0.717, 1.165) is 0 Å². The van der Waals surface area contributed by atoms with Crippen LogP contribution in [0.5, 0.6) is 0 Å². The molecule has 2 nitrogen and oxygen atoms in total. The van der Waals surface area contributed by atoms with Gasteiger partial charge in [0.25, 0.3) is 0 Å². The molecule has 2 atom stereocenters. The average molecular weight is 501 g/mol. The quantitative estimate of drug-likeness (QED) is 0.228. The molecule has 39 heavy (non-hydrogen) atoms. The second-order valence-corrected chi connectivity index (χ2v) is 10.6. The normalized spacial score (nSPS) is 17.4. The smallest absolute Gasteiger partial charge is 0.0548 e. The van der Waals surface area contributed by atoms with Crippen molar-refractivity contribution in [1.82, 2.24) is 9.13 Å². The second kappa shape index (κ2) is 8.61. The van der Waals surface area contributed by atoms with Gasteiger partial charge in [0.1, 0.15) is 0 Å². The van der Waals surface area contributed by atoms with Crippen LogP contribution in [0.2, 0.25) is 0 Å². The zero-order chi connectivity index (χ0) is 25.9. The van der Waals surface area contributed by atoms with Crippen LogP contribution in [0.1, 0.15) is 18.4 Å². The fraction of sp³-hybridized carbons (Fsp3) is 0.0811. The Hall–Kier alpha value is -4.82. The Morgan fingerprint density at radius 2 is 1.05 bits per heavy atom. The number of allylic oxidation sites excluding steroid dienone is 4. The molecule has 0 saturated heterocycles. The van der Waals surface area contributed by atoms with Crippen molar-refractivity contribution in [3.63, 3.8) is 0 Å². The Balaban J connectivity index is 1.42. The van der Waals surface area contributed by atoms with Gasteiger partial charge >= 0.3 is 0 Å². The van der Waals surface area contributed by atoms with Crippen LogP contribution in [-0.4, -0.2) is 9.13 Å². The Morgan fingerprint density at radius 1 is 0.513 bits per heavy atom. The first-order valence-corrected chi connectivity index (χ1v) is 13.8. The van der Waals surface area contributed by atoms with Crippen molar-refractivity contribution >= 4 is 49.3 Å². The van der Waals surface area contributed by atoms with Gasteiger partial charge in [0, 0.05) is 38.8 Å². The molecule has 0 saturated carbocycles. The lowest BCUT2D eigenvalue weighted by Gasteiger charge is -2.24. The zero-order valence-electron chi connectivity index (χ0n) is 21.8. The molecule has 2 aromatic heterocycles. The van der Waals surface area contributed by atoms with Gasteiger partial charge in [0.05, 0.1) is 22.1 Å². The van der Waals surface area contributed by atoms with Crippen molar-refractivity contribution in [1.29, 1.82) is 0 Å². The Bertz CT molecular complexity index is 2070. The van der Waals surface area contributed by atoms with Gasteiger partial charge in [-0.1, -0.05) is 104 Å². The predicted molar refractivity (Wildman–Crippen MR) is 166 cm³/mol. The Labute approximate surface area is 227 Å². The molecule has 186 valence electrons. The van der Waals surface area contributed by atoms with Gasteiger partial charge < -0.3 is 9.13 Å². The minimum Gasteiger partial charge on any atom is -0.310 e. The highest BCUT2D eigenvalue weighted by Gasteiger charge is 2.23. The molecule has 0 bridgehead atoms. The molecule has 8 rings (SSSR count). The molecule has 2 heteroatoms. The molecule has 0 N–H and O–H groups in total. The van der Waals surface area contributed by atoms with Crippen LogP contribution in [0, 0.1) is 5.92 Å². The van der Waals surface area contributed by atoms with E-state index in [4.69, 9.17) is 0 Å². The van der Waals surface area contributed by atoms with E-state index in [9.17, 15) is 0 Å². The topological polar surface area (TPSA) is 9.86 Å². The lowest BCUT2D eigenvalue weighted by atomic mass is 9.83. The third-order valence-electron chi connectivity index (χ3n) is 8.40. The van der Waals surface area contributed by atoms with E-state index < -0.39 is 0 Å². The number of fused-ring (bicyclic) bond motifs is 7. The average Bonchev–Trinajstić information content (AvgIpc) is 3.51. The van der Waals surface area contributed by atoms with Gasteiger partial charge in [-0.25, -0.2) is 0 Å². The molecular formula is C37H28N2. The summed E-state index contributed by atoms with van der Waals surface area (Å²) in [5, 5.41) is 5.22. The summed E-state index contributed by atoms with van der Waals surface area (Å²) in [7, 11) is 0. The first-order chi connectivity index (χ1) is 19.3. The van der Waals surface area contributed by atoms with Gasteiger partial charge in [-0.2, -0.15) is 0 Å². The molecule has 0 radical (unpaired) electrons. The molecular weight excluding hydrogens is 472 g/mol. The van der Waals surface area contributed by atoms with Crippen LogP contribution >= 0.6 is 0 Å². The predicted octanol–water partition coefficient (Wildman–Crippen LogP) is 9.72. The summed E-state index contributed by atoms with van der Waals surface area (Å²) >= 11 is 0. The van der Waals surface area contributed by atoms with E-state index >= 15 is 0 Å². The first kappa shape index (κ1) is 22.2. The monoisotopic (exact) mass is 500 g/mol. The lowest BCUT2D eigenvalue weighted by molar-refractivity contribution is 0.635. The summed E-state index contributed by atoms with van der Waals surface area (Å²) in [4.78, 5) is 0. The molecule has 0 aliphatic heterocycles. The van der Waals surface area contributed by atoms with Gasteiger partial charge in [-0.05, 0) is 54.0 Å². The highest BCUT2D eigenvalue weighted by Crippen LogP contribution is 2.43. The number of aromatic nitrogens is 2. The summed E-state index contributed by atoms with van der Waals surface area (Å²) < 4.78 is 4.87. The molecule has 0 fully saturated rings. The van der Waals surface area contributed by atoms with Crippen LogP contribution in [-0.2, 0) is 0 Å². The van der Waals surface area contributed by atoms with E-state index in [1.807, 2.05) is 0 Å². The Kier molecular flexibility index (Phi) is 4.90. The fourth-order valence-electron chi connectivity index (χ4n) is 6.70. The standard InChI is InChI=1S/C37H28N2/c1-25-24-28(20-21-29(25)26-12-4-2-5-13-26)39-33-19-11-9-17-31(33)37-35(39)23-22-34-36(37)30-16-8-10-18-32(30)38(34)27-14-6-3-7-15-27/h2-25,29H,1H3. The molecule has 7 aromatic rings. The number of benzene rings is 5. The van der Waals surface area contributed by atoms with Crippen LogP contribution in [0.3, 0.4) is 0 Å². The van der Waals surface area contributed by atoms with Gasteiger partial charge in [-0.3, -0.25) is 0 Å². The lowest BCUT2D eigenvalue weighted by Crippen LogP contribution is -2.11. The largest absolute Gasteiger partial charge is 0.310 e. The minimum absolute atomic E-state index is 0.388. The summed E-state index contributed by atoms with van der Waals surface area (Å²) in [6.45, 7) is 2.33. The summed E-state index contributed by atoms with van der Waals surface area (Å²) in [5.41, 5.74) is 8.77. The van der Waals surface area contributed by atoms with Crippen LogP contribution in [0.15, 0.2) is 140 Å². The summed E-state index contributed by atoms with van der Waals surface area (Å²) in [6.07, 6.45) is 7.15. The van der Waals surface area contributed by atoms with Crippen molar-refractivity contribution in [2.45, 2.75) is 12.8 Å². The minimum atomic E-state index is 0.388. The maximum atomic E-state index is 2.47. The number of rotatable bonds is 3. The summed E-state index contributed by atoms with van der Waals surface area (Å²) in [5.74, 6) is 0.783. The number of hydrogen-bond acceptors (Lipinski definition) is 0. The van der Waals surface area contributed by atoms with Crippen molar-refractivity contribution in [2.24, 2.45) is 5.92 Å². The highest BCUT2D eigenvalue weighted by molar-refractivity contribution is 6.29. The van der Waals surface area contributed by atoms with Crippen molar-refractivity contribution in [3.05, 3.63) is 145 Å². The number of hydrogen-bond donors (Lipinski definition) is 0. The number of nitrogens with zero attached hydrogens (tertiary/aromatic N) is 2. The van der Waals surface area contributed by atoms with Crippen molar-refractivity contribution < 1.29 is 0 Å². The highest BCUT2D eigenvalue weighted by atomic mass is 15.0. The van der Waals surface area contributed by atoms with E-state index in [-0.39, 0.29) is 0 Å². The molecule has 2 heterocycles. The van der Waals surface area contributed by atoms with E-state index in [1.54, 1.807) is 0 Å². The van der Waals surface area contributed by atoms with E-state index in [0.29, 0.717) is 11.8 Å². The fourth-order valence-corrected chi connectivity index (χ4v) is 6.70. The van der Waals surface area contributed by atoms with Gasteiger partial charge in [0.15, 0.2) is 0 Å². The molecule has 5 aromatic carbocycles. The third-order valence-corrected chi connectivity index (χ3v) is 8.40. The van der Waals surface area contributed by atoms with Crippen LogP contribution in [0.25, 0.3) is 55.0 Å². The van der Waals surface area contributed by atoms with E-state index in [2.05, 4.69) is 156 Å². The maximum Gasteiger partial charge on any atom is 0.0548 e. The molecule has 1 aliphatic rings. The number of para-hydroxylation sites is 3. The van der Waals surface area contributed by atoms with Gasteiger partial charge in [0.2, 0.25) is 0 Å². The molecule has 1 aliphatic carbocycles. The Morgan fingerprint density at radius 3 is 1.69 bits per heavy atom. The van der Waals surface area contributed by atoms with Crippen molar-refractivity contribution in [3.8, 4) is 5.69 Å². The van der Waals surface area contributed by atoms with Gasteiger partial charge in [-0.15, -0.1) is 0 Å². The maximum absolute atomic E-state index is 2.47. The SMILES string of the molecule is CC1C=C(n2c3ccccc3c3c4c5ccccc5n(-c5ccccc5)c4ccc32)C=CC1c1ccccc1. The molecule has 2 unspecified atom stereocenters. The molecule has 0 spiro atoms. The summed E-state index contributed by atoms with van der Waals surface area (Å²) in [6, 6.07) is 43.9. The van der Waals surface area contributed by atoms with Crippen LogP contribution in [0.4, 0.5) is 0 Å².